The summed E-state index contributed by atoms with van der Waals surface area (Å²) in [5.74, 6) is 2.07. The number of nitrogens with two attached hydrogens (primary N) is 1. The maximum absolute atomic E-state index is 12.9. The normalized spacial score (nSPS) is 43.1. The van der Waals surface area contributed by atoms with Crippen LogP contribution < -0.4 is 34.7 Å². The third-order valence-corrected chi connectivity index (χ3v) is 9.11. The predicted molar refractivity (Wildman–Crippen MR) is 86.5 cm³/mol. The number of fused-ring (bicyclic) bond motifs is 4. The summed E-state index contributed by atoms with van der Waals surface area (Å²) in [6.07, 6.45) is 8.57. The van der Waals surface area contributed by atoms with Crippen LogP contribution >= 0.6 is 0 Å². The largest absolute Gasteiger partial charge is 1.00 e. The molecule has 0 aliphatic heterocycles. The summed E-state index contributed by atoms with van der Waals surface area (Å²) in [7, 11) is -8.29. The molecule has 0 radical (unpaired) electrons. The van der Waals surface area contributed by atoms with Crippen molar-refractivity contribution < 1.29 is 47.2 Å². The number of hydrogen-bond donors (Lipinski definition) is 2. The van der Waals surface area contributed by atoms with Gasteiger partial charge in [-0.2, -0.15) is 12.7 Å². The van der Waals surface area contributed by atoms with Crippen LogP contribution in [0.3, 0.4) is 0 Å². The van der Waals surface area contributed by atoms with Crippen LogP contribution in [-0.4, -0.2) is 29.0 Å². The molecule has 4 bridgehead atoms. The summed E-state index contributed by atoms with van der Waals surface area (Å²) < 4.78 is 50.0. The Hall–Kier alpha value is 0.780. The minimum absolute atomic E-state index is 0. The molecule has 0 aromatic heterocycles. The Morgan fingerprint density at radius 3 is 1.67 bits per heavy atom. The van der Waals surface area contributed by atoms with E-state index in [0.29, 0.717) is 23.7 Å². The zero-order valence-corrected chi connectivity index (χ0v) is 17.7. The van der Waals surface area contributed by atoms with Crippen molar-refractivity contribution in [2.45, 2.75) is 63.5 Å². The van der Waals surface area contributed by atoms with Crippen molar-refractivity contribution in [1.29, 1.82) is 4.78 Å². The van der Waals surface area contributed by atoms with Crippen molar-refractivity contribution in [2.24, 2.45) is 28.8 Å². The first-order valence-corrected chi connectivity index (χ1v) is 11.4. The molecule has 4 aliphatic carbocycles. The number of rotatable bonds is 5. The topological polar surface area (TPSA) is 114 Å². The van der Waals surface area contributed by atoms with E-state index in [2.05, 4.69) is 3.63 Å². The van der Waals surface area contributed by atoms with Gasteiger partial charge < -0.3 is 1.43 Å². The first-order valence-electron chi connectivity index (χ1n) is 8.54. The standard InChI is InChI=1S/C14H25N3O4S2.Na.H/c15-22(18,21-23(16,19)20)17(13-7-9-1-3-11(13)5-9)14-8-10-2-4-12(14)6-10;;/h9-15H,1-8H2,(H2,16,19,20);;/q;+1;-1. The SMILES string of the molecule is N=S(=O)(OS(N)(=O)=O)N(C1CC2CCC1C2)C1CC2CCC1C2.[H-].[Na+]. The third-order valence-electron chi connectivity index (χ3n) is 6.52. The van der Waals surface area contributed by atoms with Gasteiger partial charge in [-0.1, -0.05) is 12.8 Å². The van der Waals surface area contributed by atoms with E-state index in [1.165, 1.54) is 12.8 Å². The van der Waals surface area contributed by atoms with Crippen LogP contribution in [0.2, 0.25) is 0 Å². The molecule has 7 nitrogen and oxygen atoms in total. The van der Waals surface area contributed by atoms with Crippen LogP contribution in [0.4, 0.5) is 0 Å². The molecule has 0 aromatic rings. The fourth-order valence-electron chi connectivity index (χ4n) is 5.81. The molecule has 4 fully saturated rings. The molecule has 7 atom stereocenters. The van der Waals surface area contributed by atoms with Crippen molar-refractivity contribution >= 4 is 20.5 Å². The van der Waals surface area contributed by atoms with Gasteiger partial charge >= 0.3 is 39.9 Å². The van der Waals surface area contributed by atoms with E-state index in [9.17, 15) is 12.6 Å². The van der Waals surface area contributed by atoms with Gasteiger partial charge in [-0.05, 0) is 62.2 Å². The summed E-state index contributed by atoms with van der Waals surface area (Å²) >= 11 is 0. The molecule has 134 valence electrons. The summed E-state index contributed by atoms with van der Waals surface area (Å²) in [6, 6.07) is 0.00898. The second-order valence-corrected chi connectivity index (χ2v) is 10.8. The van der Waals surface area contributed by atoms with Gasteiger partial charge in [0.1, 0.15) is 0 Å². The Morgan fingerprint density at radius 2 is 1.38 bits per heavy atom. The van der Waals surface area contributed by atoms with Gasteiger partial charge in [0.2, 0.25) is 10.2 Å². The smallest absolute Gasteiger partial charge is 1.00 e. The van der Waals surface area contributed by atoms with Crippen LogP contribution in [0, 0.1) is 28.5 Å². The summed E-state index contributed by atoms with van der Waals surface area (Å²) in [6.45, 7) is 0. The number of nitrogens with zero attached hydrogens (tertiary/aromatic N) is 1. The second kappa shape index (κ2) is 6.74. The maximum Gasteiger partial charge on any atom is 1.00 e. The minimum Gasteiger partial charge on any atom is -1.00 e. The Bertz CT molecular complexity index is 677. The van der Waals surface area contributed by atoms with E-state index in [0.717, 1.165) is 38.5 Å². The van der Waals surface area contributed by atoms with Crippen molar-refractivity contribution in [3.63, 3.8) is 0 Å². The van der Waals surface area contributed by atoms with Crippen molar-refractivity contribution in [3.8, 4) is 0 Å². The zero-order valence-electron chi connectivity index (χ0n) is 15.1. The van der Waals surface area contributed by atoms with Crippen molar-refractivity contribution in [3.05, 3.63) is 0 Å². The number of hydrogen-bond acceptors (Lipinski definition) is 5. The first kappa shape index (κ1) is 19.5. The van der Waals surface area contributed by atoms with Crippen molar-refractivity contribution in [2.75, 3.05) is 0 Å². The number of nitrogens with one attached hydrogen (secondary N) is 1. The first-order chi connectivity index (χ1) is 10.7. The Balaban J connectivity index is 0.00000113. The molecule has 0 amide bonds. The molecule has 0 aromatic carbocycles. The molecular weight excluding hydrogens is 361 g/mol. The quantitative estimate of drug-likeness (QED) is 0.582. The van der Waals surface area contributed by atoms with Gasteiger partial charge in [-0.3, -0.25) is 0 Å². The Morgan fingerprint density at radius 1 is 0.917 bits per heavy atom. The van der Waals surface area contributed by atoms with Gasteiger partial charge in [0.25, 0.3) is 0 Å². The molecule has 0 spiro atoms. The zero-order chi connectivity index (χ0) is 16.4. The van der Waals surface area contributed by atoms with Gasteiger partial charge in [0, 0.05) is 12.1 Å². The van der Waals surface area contributed by atoms with E-state index < -0.39 is 20.5 Å². The molecular formula is C14H26N3NaO4S2. The molecule has 0 saturated heterocycles. The van der Waals surface area contributed by atoms with Crippen LogP contribution in [-0.2, 0) is 24.1 Å². The second-order valence-electron chi connectivity index (χ2n) is 7.88. The van der Waals surface area contributed by atoms with Crippen LogP contribution in [0.15, 0.2) is 0 Å². The summed E-state index contributed by atoms with van der Waals surface area (Å²) in [5.41, 5.74) is 0. The monoisotopic (exact) mass is 387 g/mol. The van der Waals surface area contributed by atoms with E-state index in [-0.39, 0.29) is 43.1 Å². The van der Waals surface area contributed by atoms with Gasteiger partial charge in [0.05, 0.1) is 0 Å². The Kier molecular flexibility index (Phi) is 5.49. The summed E-state index contributed by atoms with van der Waals surface area (Å²) in [4.78, 5) is 0. The van der Waals surface area contributed by atoms with E-state index in [1.807, 2.05) is 0 Å². The average molecular weight is 388 g/mol. The van der Waals surface area contributed by atoms with Gasteiger partial charge in [0.15, 0.2) is 0 Å². The van der Waals surface area contributed by atoms with Crippen molar-refractivity contribution in [1.82, 2.24) is 4.31 Å². The molecule has 7 unspecified atom stereocenters. The van der Waals surface area contributed by atoms with Gasteiger partial charge in [-0.15, -0.1) is 3.63 Å². The van der Waals surface area contributed by atoms with E-state index in [1.54, 1.807) is 4.31 Å². The fraction of sp³-hybridized carbons (Fsp3) is 1.00. The van der Waals surface area contributed by atoms with E-state index in [4.69, 9.17) is 9.92 Å². The fourth-order valence-corrected chi connectivity index (χ4v) is 8.35. The minimum atomic E-state index is -4.42. The van der Waals surface area contributed by atoms with Crippen LogP contribution in [0.5, 0.6) is 0 Å². The summed E-state index contributed by atoms with van der Waals surface area (Å²) in [5, 5.41) is 4.93. The van der Waals surface area contributed by atoms with E-state index >= 15 is 0 Å². The van der Waals surface area contributed by atoms with Gasteiger partial charge in [-0.25, -0.2) is 14.1 Å². The molecule has 4 rings (SSSR count). The van der Waals surface area contributed by atoms with Crippen LogP contribution in [0.1, 0.15) is 52.8 Å². The van der Waals surface area contributed by atoms with Crippen LogP contribution in [0.25, 0.3) is 0 Å². The predicted octanol–water partition coefficient (Wildman–Crippen LogP) is -1.12. The molecule has 3 N–H and O–H groups in total. The molecule has 10 heteroatoms. The maximum atomic E-state index is 12.9. The molecule has 4 aliphatic rings. The Labute approximate surface area is 168 Å². The molecule has 24 heavy (non-hydrogen) atoms. The molecule has 4 saturated carbocycles. The molecule has 0 heterocycles. The average Bonchev–Trinajstić information content (AvgIpc) is 3.16. The third kappa shape index (κ3) is 3.60.